The first kappa shape index (κ1) is 21.8. The molecule has 0 aliphatic heterocycles. The van der Waals surface area contributed by atoms with Gasteiger partial charge < -0.3 is 9.88 Å². The van der Waals surface area contributed by atoms with Crippen molar-refractivity contribution in [3.05, 3.63) is 95.2 Å². The number of amides is 1. The number of carbonyl (C=O) groups is 1. The van der Waals surface area contributed by atoms with Gasteiger partial charge in [-0.25, -0.2) is 8.42 Å². The Labute approximate surface area is 188 Å². The molecule has 0 aliphatic rings. The second kappa shape index (κ2) is 8.63. The lowest BCUT2D eigenvalue weighted by Crippen LogP contribution is -2.19. The van der Waals surface area contributed by atoms with Gasteiger partial charge in [0, 0.05) is 22.8 Å². The topological polar surface area (TPSA) is 68.2 Å². The van der Waals surface area contributed by atoms with Gasteiger partial charge in [-0.3, -0.25) is 4.79 Å². The van der Waals surface area contributed by atoms with Gasteiger partial charge in [0.25, 0.3) is 0 Å². The van der Waals surface area contributed by atoms with E-state index < -0.39 is 9.84 Å². The number of aromatic nitrogens is 1. The number of hydrogen-bond donors (Lipinski definition) is 1. The van der Waals surface area contributed by atoms with Gasteiger partial charge in [0.1, 0.15) is 6.54 Å². The van der Waals surface area contributed by atoms with Gasteiger partial charge in [-0.2, -0.15) is 0 Å². The van der Waals surface area contributed by atoms with Crippen LogP contribution in [0.5, 0.6) is 0 Å². The highest BCUT2D eigenvalue weighted by atomic mass is 32.2. The zero-order valence-electron chi connectivity index (χ0n) is 18.4. The van der Waals surface area contributed by atoms with Gasteiger partial charge in [0.05, 0.1) is 10.6 Å². The maximum atomic E-state index is 13.2. The Balaban J connectivity index is 1.65. The molecule has 6 heteroatoms. The van der Waals surface area contributed by atoms with Crippen molar-refractivity contribution in [2.75, 3.05) is 5.32 Å². The van der Waals surface area contributed by atoms with E-state index in [1.165, 1.54) is 0 Å². The SMILES string of the molecule is Cc1cc(C)c(NC(=O)Cn2cc(S(=O)(=O)Cc3ccccc3)c3ccccc32)c(C)c1. The molecule has 4 rings (SSSR count). The molecule has 0 atom stereocenters. The van der Waals surface area contributed by atoms with Crippen LogP contribution in [0, 0.1) is 20.8 Å². The zero-order chi connectivity index (χ0) is 22.9. The van der Waals surface area contributed by atoms with Crippen LogP contribution in [0.3, 0.4) is 0 Å². The summed E-state index contributed by atoms with van der Waals surface area (Å²) in [6.07, 6.45) is 1.58. The van der Waals surface area contributed by atoms with E-state index in [-0.39, 0.29) is 23.1 Å². The van der Waals surface area contributed by atoms with Crippen LogP contribution in [-0.2, 0) is 26.9 Å². The van der Waals surface area contributed by atoms with E-state index in [9.17, 15) is 13.2 Å². The molecule has 1 heterocycles. The fourth-order valence-electron chi connectivity index (χ4n) is 4.17. The van der Waals surface area contributed by atoms with Crippen LogP contribution in [0.25, 0.3) is 10.9 Å². The zero-order valence-corrected chi connectivity index (χ0v) is 19.2. The minimum atomic E-state index is -3.58. The summed E-state index contributed by atoms with van der Waals surface area (Å²) in [5.41, 5.74) is 5.38. The van der Waals surface area contributed by atoms with Gasteiger partial charge in [-0.15, -0.1) is 0 Å². The quantitative estimate of drug-likeness (QED) is 0.444. The van der Waals surface area contributed by atoms with Crippen molar-refractivity contribution < 1.29 is 13.2 Å². The lowest BCUT2D eigenvalue weighted by molar-refractivity contribution is -0.116. The summed E-state index contributed by atoms with van der Waals surface area (Å²) in [7, 11) is -3.58. The molecule has 0 aliphatic carbocycles. The van der Waals surface area contributed by atoms with E-state index in [1.807, 2.05) is 69.3 Å². The molecule has 32 heavy (non-hydrogen) atoms. The van der Waals surface area contributed by atoms with Crippen molar-refractivity contribution in [1.82, 2.24) is 4.57 Å². The number of para-hydroxylation sites is 1. The molecule has 4 aromatic rings. The molecular weight excluding hydrogens is 420 g/mol. The summed E-state index contributed by atoms with van der Waals surface area (Å²) in [5, 5.41) is 3.62. The first-order valence-corrected chi connectivity index (χ1v) is 12.1. The van der Waals surface area contributed by atoms with E-state index in [0.29, 0.717) is 10.9 Å². The van der Waals surface area contributed by atoms with E-state index >= 15 is 0 Å². The Hall–Kier alpha value is -3.38. The van der Waals surface area contributed by atoms with E-state index in [0.717, 1.165) is 27.9 Å². The molecule has 3 aromatic carbocycles. The van der Waals surface area contributed by atoms with Crippen LogP contribution < -0.4 is 5.32 Å². The number of nitrogens with one attached hydrogen (secondary N) is 1. The summed E-state index contributed by atoms with van der Waals surface area (Å²) >= 11 is 0. The summed E-state index contributed by atoms with van der Waals surface area (Å²) in [6.45, 7) is 5.98. The Morgan fingerprint density at radius 1 is 0.906 bits per heavy atom. The number of aryl methyl sites for hydroxylation is 3. The smallest absolute Gasteiger partial charge is 0.244 e. The average molecular weight is 447 g/mol. The number of nitrogens with zero attached hydrogens (tertiary/aromatic N) is 1. The molecule has 0 radical (unpaired) electrons. The molecule has 0 unspecified atom stereocenters. The van der Waals surface area contributed by atoms with Crippen LogP contribution in [0.15, 0.2) is 77.8 Å². The van der Waals surface area contributed by atoms with Gasteiger partial charge in [-0.1, -0.05) is 66.2 Å². The molecule has 164 valence electrons. The Bertz CT molecular complexity index is 1380. The highest BCUT2D eigenvalue weighted by Crippen LogP contribution is 2.28. The maximum Gasteiger partial charge on any atom is 0.244 e. The molecule has 1 amide bonds. The van der Waals surface area contributed by atoms with E-state index in [2.05, 4.69) is 5.32 Å². The largest absolute Gasteiger partial charge is 0.337 e. The van der Waals surface area contributed by atoms with E-state index in [4.69, 9.17) is 0 Å². The lowest BCUT2D eigenvalue weighted by Gasteiger charge is -2.13. The minimum absolute atomic E-state index is 0.0220. The van der Waals surface area contributed by atoms with Crippen LogP contribution in [-0.4, -0.2) is 18.9 Å². The van der Waals surface area contributed by atoms with Crippen molar-refractivity contribution in [2.45, 2.75) is 38.0 Å². The number of fused-ring (bicyclic) bond motifs is 1. The van der Waals surface area contributed by atoms with Crippen molar-refractivity contribution >= 4 is 32.3 Å². The van der Waals surface area contributed by atoms with Gasteiger partial charge in [0.2, 0.25) is 5.91 Å². The van der Waals surface area contributed by atoms with E-state index in [1.54, 1.807) is 29.0 Å². The molecule has 1 N–H and O–H groups in total. The normalized spacial score (nSPS) is 11.6. The number of rotatable bonds is 6. The Morgan fingerprint density at radius 3 is 2.22 bits per heavy atom. The highest BCUT2D eigenvalue weighted by Gasteiger charge is 2.22. The fourth-order valence-corrected chi connectivity index (χ4v) is 5.76. The lowest BCUT2D eigenvalue weighted by atomic mass is 10.1. The second-order valence-corrected chi connectivity index (χ2v) is 10.2. The second-order valence-electron chi connectivity index (χ2n) is 8.20. The third-order valence-corrected chi connectivity index (χ3v) is 7.25. The van der Waals surface area contributed by atoms with Gasteiger partial charge in [0.15, 0.2) is 9.84 Å². The predicted octanol–water partition coefficient (Wildman–Crippen LogP) is 5.18. The van der Waals surface area contributed by atoms with Crippen molar-refractivity contribution in [3.63, 3.8) is 0 Å². The van der Waals surface area contributed by atoms with Gasteiger partial charge >= 0.3 is 0 Å². The first-order valence-electron chi connectivity index (χ1n) is 10.5. The van der Waals surface area contributed by atoms with Crippen LogP contribution >= 0.6 is 0 Å². The molecule has 0 spiro atoms. The predicted molar refractivity (Wildman–Crippen MR) is 129 cm³/mol. The van der Waals surface area contributed by atoms with Crippen LogP contribution in [0.2, 0.25) is 0 Å². The molecular formula is C26H26N2O3S. The molecule has 0 bridgehead atoms. The number of benzene rings is 3. The maximum absolute atomic E-state index is 13.2. The number of anilines is 1. The minimum Gasteiger partial charge on any atom is -0.337 e. The van der Waals surface area contributed by atoms with Crippen LogP contribution in [0.1, 0.15) is 22.3 Å². The van der Waals surface area contributed by atoms with Crippen molar-refractivity contribution in [2.24, 2.45) is 0 Å². The third kappa shape index (κ3) is 4.46. The van der Waals surface area contributed by atoms with Crippen molar-refractivity contribution in [1.29, 1.82) is 0 Å². The molecule has 0 fully saturated rings. The average Bonchev–Trinajstić information content (AvgIpc) is 3.11. The summed E-state index contributed by atoms with van der Waals surface area (Å²) in [4.78, 5) is 13.1. The number of hydrogen-bond acceptors (Lipinski definition) is 3. The number of carbonyl (C=O) groups excluding carboxylic acids is 1. The summed E-state index contributed by atoms with van der Waals surface area (Å²) < 4.78 is 28.1. The Morgan fingerprint density at radius 2 is 1.53 bits per heavy atom. The monoisotopic (exact) mass is 446 g/mol. The summed E-state index contributed by atoms with van der Waals surface area (Å²) in [5.74, 6) is -0.289. The molecule has 0 saturated heterocycles. The first-order chi connectivity index (χ1) is 15.2. The third-order valence-electron chi connectivity index (χ3n) is 5.54. The highest BCUT2D eigenvalue weighted by molar-refractivity contribution is 7.90. The molecule has 0 saturated carbocycles. The van der Waals surface area contributed by atoms with Crippen molar-refractivity contribution in [3.8, 4) is 0 Å². The summed E-state index contributed by atoms with van der Waals surface area (Å²) in [6, 6.07) is 20.5. The Kier molecular flexibility index (Phi) is 5.89. The standard InChI is InChI=1S/C26H26N2O3S/c1-18-13-19(2)26(20(3)14-18)27-25(29)16-28-15-24(22-11-7-8-12-23(22)28)32(30,31)17-21-9-5-4-6-10-21/h4-15H,16-17H2,1-3H3,(H,27,29). The molecule has 1 aromatic heterocycles. The van der Waals surface area contributed by atoms with Crippen LogP contribution in [0.4, 0.5) is 5.69 Å². The van der Waals surface area contributed by atoms with Gasteiger partial charge in [-0.05, 0) is 43.5 Å². The number of sulfone groups is 1. The molecule has 5 nitrogen and oxygen atoms in total. The fraction of sp³-hybridized carbons (Fsp3) is 0.192.